The second kappa shape index (κ2) is 6.17. The normalized spacial score (nSPS) is 11.2. The molecular formula is C13H15BrO2S2. The van der Waals surface area contributed by atoms with Crippen molar-refractivity contribution >= 4 is 54.0 Å². The molecule has 98 valence electrons. The average molecular weight is 347 g/mol. The molecule has 2 aromatic rings. The summed E-state index contributed by atoms with van der Waals surface area (Å²) in [6.07, 6.45) is 5.57. The first kappa shape index (κ1) is 14.0. The molecule has 2 aromatic heterocycles. The highest BCUT2D eigenvalue weighted by Crippen LogP contribution is 2.41. The maximum absolute atomic E-state index is 11.3. The maximum atomic E-state index is 11.3. The molecule has 0 fully saturated rings. The van der Waals surface area contributed by atoms with E-state index in [1.54, 1.807) is 11.3 Å². The van der Waals surface area contributed by atoms with Gasteiger partial charge in [-0.15, -0.1) is 22.7 Å². The zero-order chi connectivity index (χ0) is 13.1. The summed E-state index contributed by atoms with van der Waals surface area (Å²) in [5.74, 6) is -0.791. The van der Waals surface area contributed by atoms with Gasteiger partial charge in [0, 0.05) is 9.85 Å². The van der Waals surface area contributed by atoms with E-state index in [1.165, 1.54) is 30.6 Å². The van der Waals surface area contributed by atoms with Gasteiger partial charge in [-0.1, -0.05) is 26.2 Å². The van der Waals surface area contributed by atoms with Gasteiger partial charge in [-0.05, 0) is 34.3 Å². The SMILES string of the molecule is CCCCCCc1c(C(=O)O)sc2c(Br)csc12. The molecule has 2 nitrogen and oxygen atoms in total. The first-order valence-electron chi connectivity index (χ1n) is 6.06. The van der Waals surface area contributed by atoms with Crippen molar-refractivity contribution in [3.63, 3.8) is 0 Å². The lowest BCUT2D eigenvalue weighted by molar-refractivity contribution is 0.0701. The second-order valence-corrected chi connectivity index (χ2v) is 7.02. The fraction of sp³-hybridized carbons (Fsp3) is 0.462. The van der Waals surface area contributed by atoms with Crippen molar-refractivity contribution in [3.8, 4) is 0 Å². The van der Waals surface area contributed by atoms with Crippen LogP contribution in [0, 0.1) is 0 Å². The molecule has 1 N–H and O–H groups in total. The molecule has 2 heterocycles. The van der Waals surface area contributed by atoms with Gasteiger partial charge in [0.05, 0.1) is 9.40 Å². The minimum absolute atomic E-state index is 0.522. The van der Waals surface area contributed by atoms with Crippen LogP contribution >= 0.6 is 38.6 Å². The van der Waals surface area contributed by atoms with E-state index in [0.29, 0.717) is 4.88 Å². The van der Waals surface area contributed by atoms with Crippen molar-refractivity contribution in [2.45, 2.75) is 39.0 Å². The fourth-order valence-corrected chi connectivity index (χ4v) is 5.18. The minimum Gasteiger partial charge on any atom is -0.477 e. The Hall–Kier alpha value is -0.390. The molecule has 0 saturated carbocycles. The zero-order valence-corrected chi connectivity index (χ0v) is 13.4. The number of halogens is 1. The molecule has 0 saturated heterocycles. The largest absolute Gasteiger partial charge is 0.477 e. The standard InChI is InChI=1S/C13H15BrO2S2/c1-2-3-4-5-6-8-10-12(9(14)7-17-10)18-11(8)13(15)16/h7H,2-6H2,1H3,(H,15,16). The quantitative estimate of drug-likeness (QED) is 0.696. The Bertz CT molecular complexity index is 557. The van der Waals surface area contributed by atoms with Crippen LogP contribution in [-0.4, -0.2) is 11.1 Å². The third-order valence-corrected chi connectivity index (χ3v) is 6.54. The molecular weight excluding hydrogens is 332 g/mol. The highest BCUT2D eigenvalue weighted by Gasteiger charge is 2.19. The van der Waals surface area contributed by atoms with Gasteiger partial charge in [-0.3, -0.25) is 0 Å². The molecule has 0 spiro atoms. The van der Waals surface area contributed by atoms with Crippen molar-refractivity contribution in [2.24, 2.45) is 0 Å². The molecule has 0 atom stereocenters. The van der Waals surface area contributed by atoms with Crippen molar-refractivity contribution in [1.82, 2.24) is 0 Å². The van der Waals surface area contributed by atoms with E-state index < -0.39 is 5.97 Å². The first-order valence-corrected chi connectivity index (χ1v) is 8.55. The van der Waals surface area contributed by atoms with Gasteiger partial charge in [0.1, 0.15) is 4.88 Å². The van der Waals surface area contributed by atoms with Crippen molar-refractivity contribution in [1.29, 1.82) is 0 Å². The number of hydrogen-bond donors (Lipinski definition) is 1. The van der Waals surface area contributed by atoms with Crippen LogP contribution in [0.5, 0.6) is 0 Å². The monoisotopic (exact) mass is 346 g/mol. The van der Waals surface area contributed by atoms with Crippen LogP contribution in [0.3, 0.4) is 0 Å². The highest BCUT2D eigenvalue weighted by molar-refractivity contribution is 9.10. The number of carboxylic acid groups (broad SMARTS) is 1. The topological polar surface area (TPSA) is 37.3 Å². The van der Waals surface area contributed by atoms with E-state index in [2.05, 4.69) is 22.9 Å². The van der Waals surface area contributed by atoms with Gasteiger partial charge in [-0.2, -0.15) is 0 Å². The predicted octanol–water partition coefficient (Wildman–Crippen LogP) is 5.55. The number of carboxylic acids is 1. The van der Waals surface area contributed by atoms with Crippen LogP contribution < -0.4 is 0 Å². The molecule has 5 heteroatoms. The maximum Gasteiger partial charge on any atom is 0.346 e. The number of aromatic carboxylic acids is 1. The van der Waals surface area contributed by atoms with Crippen LogP contribution in [0.25, 0.3) is 9.40 Å². The molecule has 0 radical (unpaired) electrons. The zero-order valence-electron chi connectivity index (χ0n) is 10.2. The van der Waals surface area contributed by atoms with Crippen LogP contribution in [0.15, 0.2) is 9.85 Å². The lowest BCUT2D eigenvalue weighted by Crippen LogP contribution is -1.97. The van der Waals surface area contributed by atoms with Gasteiger partial charge < -0.3 is 5.11 Å². The number of hydrogen-bond acceptors (Lipinski definition) is 3. The lowest BCUT2D eigenvalue weighted by atomic mass is 10.1. The van der Waals surface area contributed by atoms with Gasteiger partial charge >= 0.3 is 5.97 Å². The van der Waals surface area contributed by atoms with Crippen LogP contribution in [0.1, 0.15) is 47.8 Å². The Morgan fingerprint density at radius 3 is 2.78 bits per heavy atom. The summed E-state index contributed by atoms with van der Waals surface area (Å²) < 4.78 is 3.26. The summed E-state index contributed by atoms with van der Waals surface area (Å²) in [6.45, 7) is 2.18. The van der Waals surface area contributed by atoms with Crippen molar-refractivity contribution in [3.05, 3.63) is 20.3 Å². The van der Waals surface area contributed by atoms with Gasteiger partial charge in [0.25, 0.3) is 0 Å². The molecule has 2 rings (SSSR count). The Morgan fingerprint density at radius 2 is 2.11 bits per heavy atom. The van der Waals surface area contributed by atoms with Crippen LogP contribution in [-0.2, 0) is 6.42 Å². The van der Waals surface area contributed by atoms with Gasteiger partial charge in [0.15, 0.2) is 0 Å². The predicted molar refractivity (Wildman–Crippen MR) is 82.2 cm³/mol. The number of fused-ring (bicyclic) bond motifs is 1. The summed E-state index contributed by atoms with van der Waals surface area (Å²) in [5, 5.41) is 11.3. The molecule has 0 aliphatic heterocycles. The summed E-state index contributed by atoms with van der Waals surface area (Å²) in [7, 11) is 0. The Morgan fingerprint density at radius 1 is 1.33 bits per heavy atom. The Balaban J connectivity index is 2.27. The third kappa shape index (κ3) is 2.78. The van der Waals surface area contributed by atoms with Crippen molar-refractivity contribution in [2.75, 3.05) is 0 Å². The van der Waals surface area contributed by atoms with E-state index in [9.17, 15) is 9.90 Å². The smallest absolute Gasteiger partial charge is 0.346 e. The number of thiophene rings is 2. The summed E-state index contributed by atoms with van der Waals surface area (Å²) in [6, 6.07) is 0. The molecule has 0 aromatic carbocycles. The van der Waals surface area contributed by atoms with E-state index in [-0.39, 0.29) is 0 Å². The number of aryl methyl sites for hydroxylation is 1. The van der Waals surface area contributed by atoms with Crippen LogP contribution in [0.2, 0.25) is 0 Å². The van der Waals surface area contributed by atoms with Gasteiger partial charge in [0.2, 0.25) is 0 Å². The minimum atomic E-state index is -0.791. The highest BCUT2D eigenvalue weighted by atomic mass is 79.9. The summed E-state index contributed by atoms with van der Waals surface area (Å²) >= 11 is 6.52. The molecule has 0 aliphatic carbocycles. The van der Waals surface area contributed by atoms with Gasteiger partial charge in [-0.25, -0.2) is 4.79 Å². The summed E-state index contributed by atoms with van der Waals surface area (Å²) in [4.78, 5) is 11.8. The van der Waals surface area contributed by atoms with E-state index in [0.717, 1.165) is 32.3 Å². The van der Waals surface area contributed by atoms with E-state index >= 15 is 0 Å². The average Bonchev–Trinajstić information content (AvgIpc) is 2.86. The molecule has 0 aliphatic rings. The third-order valence-electron chi connectivity index (χ3n) is 2.93. The fourth-order valence-electron chi connectivity index (χ4n) is 2.02. The van der Waals surface area contributed by atoms with E-state index in [4.69, 9.17) is 0 Å². The summed E-state index contributed by atoms with van der Waals surface area (Å²) in [5.41, 5.74) is 1.04. The number of carbonyl (C=O) groups is 1. The Labute approximate surface area is 123 Å². The van der Waals surface area contributed by atoms with E-state index in [1.807, 2.05) is 5.38 Å². The molecule has 0 amide bonds. The lowest BCUT2D eigenvalue weighted by Gasteiger charge is -2.00. The molecule has 18 heavy (non-hydrogen) atoms. The molecule has 0 bridgehead atoms. The first-order chi connectivity index (χ1) is 8.65. The Kier molecular flexibility index (Phi) is 4.81. The number of unbranched alkanes of at least 4 members (excludes halogenated alkanes) is 3. The molecule has 0 unspecified atom stereocenters. The number of rotatable bonds is 6. The second-order valence-electron chi connectivity index (χ2n) is 4.27. The van der Waals surface area contributed by atoms with Crippen LogP contribution in [0.4, 0.5) is 0 Å². The van der Waals surface area contributed by atoms with Crippen molar-refractivity contribution < 1.29 is 9.90 Å².